The number of nitrogens with zero attached hydrogens (tertiary/aromatic N) is 3. The third-order valence-corrected chi connectivity index (χ3v) is 3.08. The topological polar surface area (TPSA) is 97.1 Å². The van der Waals surface area contributed by atoms with E-state index in [1.54, 1.807) is 16.9 Å². The normalized spacial score (nSPS) is 10.5. The fourth-order valence-corrected chi connectivity index (χ4v) is 1.99. The van der Waals surface area contributed by atoms with Crippen molar-refractivity contribution in [3.63, 3.8) is 0 Å². The highest BCUT2D eigenvalue weighted by Crippen LogP contribution is 2.18. The molecule has 0 aliphatic carbocycles. The molecule has 0 saturated carbocycles. The number of hydrogen-bond donors (Lipinski definition) is 2. The van der Waals surface area contributed by atoms with E-state index in [2.05, 4.69) is 15.4 Å². The van der Waals surface area contributed by atoms with Crippen molar-refractivity contribution in [2.24, 2.45) is 0 Å². The van der Waals surface area contributed by atoms with Crippen LogP contribution in [0.2, 0.25) is 0 Å². The van der Waals surface area contributed by atoms with Gasteiger partial charge in [0.2, 0.25) is 5.91 Å². The lowest BCUT2D eigenvalue weighted by Crippen LogP contribution is -2.27. The highest BCUT2D eigenvalue weighted by molar-refractivity contribution is 5.93. The number of aliphatic hydroxyl groups excluding tert-OH is 1. The van der Waals surface area contributed by atoms with Crippen LogP contribution in [0.5, 0.6) is 0 Å². The number of amides is 1. The number of rotatable bonds is 7. The van der Waals surface area contributed by atoms with Crippen molar-refractivity contribution in [3.05, 3.63) is 36.2 Å². The molecule has 0 bridgehead atoms. The van der Waals surface area contributed by atoms with E-state index < -0.39 is 12.5 Å². The van der Waals surface area contributed by atoms with Crippen molar-refractivity contribution in [1.82, 2.24) is 20.1 Å². The SMILES string of the molecule is CC(=O)c1cc(-c2ccccn2)n(CCCNC(=O)CO)n1. The van der Waals surface area contributed by atoms with Gasteiger partial charge in [0.15, 0.2) is 5.78 Å². The van der Waals surface area contributed by atoms with E-state index in [9.17, 15) is 9.59 Å². The summed E-state index contributed by atoms with van der Waals surface area (Å²) in [5.74, 6) is -0.514. The number of aryl methyl sites for hydroxylation is 1. The van der Waals surface area contributed by atoms with Crippen LogP contribution in [0.4, 0.5) is 0 Å². The van der Waals surface area contributed by atoms with Crippen LogP contribution >= 0.6 is 0 Å². The smallest absolute Gasteiger partial charge is 0.245 e. The molecular formula is C15H18N4O3. The van der Waals surface area contributed by atoms with Gasteiger partial charge < -0.3 is 10.4 Å². The number of hydrogen-bond acceptors (Lipinski definition) is 5. The highest BCUT2D eigenvalue weighted by Gasteiger charge is 2.13. The molecule has 116 valence electrons. The number of pyridine rings is 1. The van der Waals surface area contributed by atoms with Crippen LogP contribution in [0.1, 0.15) is 23.8 Å². The first kappa shape index (κ1) is 15.8. The molecule has 0 unspecified atom stereocenters. The second-order valence-electron chi connectivity index (χ2n) is 4.77. The van der Waals surface area contributed by atoms with Crippen LogP contribution in [-0.2, 0) is 11.3 Å². The number of aromatic nitrogens is 3. The Balaban J connectivity index is 2.12. The number of ketones is 1. The number of nitrogens with one attached hydrogen (secondary N) is 1. The van der Waals surface area contributed by atoms with Gasteiger partial charge in [-0.25, -0.2) is 0 Å². The Morgan fingerprint density at radius 2 is 2.18 bits per heavy atom. The molecule has 0 atom stereocenters. The van der Waals surface area contributed by atoms with Gasteiger partial charge in [-0.1, -0.05) is 6.07 Å². The van der Waals surface area contributed by atoms with Crippen LogP contribution in [0.15, 0.2) is 30.5 Å². The lowest BCUT2D eigenvalue weighted by Gasteiger charge is -2.07. The molecular weight excluding hydrogens is 284 g/mol. The molecule has 0 saturated heterocycles. The monoisotopic (exact) mass is 302 g/mol. The largest absolute Gasteiger partial charge is 0.387 e. The summed E-state index contributed by atoms with van der Waals surface area (Å²) < 4.78 is 1.71. The molecule has 7 nitrogen and oxygen atoms in total. The Hall–Kier alpha value is -2.54. The molecule has 0 aliphatic heterocycles. The second kappa shape index (κ2) is 7.46. The average molecular weight is 302 g/mol. The summed E-state index contributed by atoms with van der Waals surface area (Å²) in [5, 5.41) is 15.5. The van der Waals surface area contributed by atoms with Crippen LogP contribution in [0, 0.1) is 0 Å². The van der Waals surface area contributed by atoms with E-state index in [1.165, 1.54) is 6.92 Å². The van der Waals surface area contributed by atoms with Gasteiger partial charge in [0, 0.05) is 26.2 Å². The molecule has 2 aromatic rings. The minimum absolute atomic E-state index is 0.107. The van der Waals surface area contributed by atoms with Crippen molar-refractivity contribution < 1.29 is 14.7 Å². The molecule has 0 radical (unpaired) electrons. The molecule has 1 amide bonds. The number of Topliss-reactive ketones (excluding diaryl/α,β-unsaturated/α-hetero) is 1. The zero-order valence-corrected chi connectivity index (χ0v) is 12.3. The highest BCUT2D eigenvalue weighted by atomic mass is 16.3. The first-order chi connectivity index (χ1) is 10.6. The van der Waals surface area contributed by atoms with E-state index in [1.807, 2.05) is 18.2 Å². The fourth-order valence-electron chi connectivity index (χ4n) is 1.99. The van der Waals surface area contributed by atoms with Gasteiger partial charge in [0.25, 0.3) is 0 Å². The summed E-state index contributed by atoms with van der Waals surface area (Å²) in [5.41, 5.74) is 1.89. The van der Waals surface area contributed by atoms with Crippen molar-refractivity contribution in [1.29, 1.82) is 0 Å². The first-order valence-corrected chi connectivity index (χ1v) is 6.99. The van der Waals surface area contributed by atoms with Gasteiger partial charge in [-0.05, 0) is 24.6 Å². The van der Waals surface area contributed by atoms with Gasteiger partial charge >= 0.3 is 0 Å². The van der Waals surface area contributed by atoms with Crippen LogP contribution in [0.3, 0.4) is 0 Å². The lowest BCUT2D eigenvalue weighted by molar-refractivity contribution is -0.123. The van der Waals surface area contributed by atoms with Crippen LogP contribution < -0.4 is 5.32 Å². The zero-order valence-electron chi connectivity index (χ0n) is 12.3. The van der Waals surface area contributed by atoms with E-state index in [4.69, 9.17) is 5.11 Å². The molecule has 2 heterocycles. The Morgan fingerprint density at radius 1 is 1.36 bits per heavy atom. The molecule has 0 spiro atoms. The Labute approximate surface area is 128 Å². The maximum absolute atomic E-state index is 11.5. The minimum atomic E-state index is -0.518. The Morgan fingerprint density at radius 3 is 2.82 bits per heavy atom. The fraction of sp³-hybridized carbons (Fsp3) is 0.333. The second-order valence-corrected chi connectivity index (χ2v) is 4.77. The van der Waals surface area contributed by atoms with Crippen LogP contribution in [-0.4, -0.2) is 44.7 Å². The van der Waals surface area contributed by atoms with Gasteiger partial charge in [-0.2, -0.15) is 5.10 Å². The average Bonchev–Trinajstić information content (AvgIpc) is 2.96. The zero-order chi connectivity index (χ0) is 15.9. The quantitative estimate of drug-likeness (QED) is 0.578. The summed E-state index contributed by atoms with van der Waals surface area (Å²) in [6.07, 6.45) is 2.31. The van der Waals surface area contributed by atoms with Crippen molar-refractivity contribution in [2.45, 2.75) is 19.9 Å². The number of carbonyl (C=O) groups is 2. The number of carbonyl (C=O) groups excluding carboxylic acids is 2. The summed E-state index contributed by atoms with van der Waals surface area (Å²) in [6.45, 7) is 1.91. The summed E-state index contributed by atoms with van der Waals surface area (Å²) in [4.78, 5) is 26.8. The van der Waals surface area contributed by atoms with Gasteiger partial charge in [0.05, 0.1) is 11.4 Å². The lowest BCUT2D eigenvalue weighted by atomic mass is 10.2. The molecule has 0 aromatic carbocycles. The van der Waals surface area contributed by atoms with E-state index >= 15 is 0 Å². The first-order valence-electron chi connectivity index (χ1n) is 6.99. The predicted molar refractivity (Wildman–Crippen MR) is 80.2 cm³/mol. The van der Waals surface area contributed by atoms with Crippen molar-refractivity contribution in [3.8, 4) is 11.4 Å². The molecule has 22 heavy (non-hydrogen) atoms. The maximum Gasteiger partial charge on any atom is 0.245 e. The van der Waals surface area contributed by atoms with E-state index in [0.29, 0.717) is 25.2 Å². The third kappa shape index (κ3) is 3.98. The standard InChI is InChI=1S/C15H18N4O3/c1-11(21)13-9-14(12-5-2-3-6-16-12)19(18-13)8-4-7-17-15(22)10-20/h2-3,5-6,9,20H,4,7-8,10H2,1H3,(H,17,22). The van der Waals surface area contributed by atoms with Crippen molar-refractivity contribution >= 4 is 11.7 Å². The minimum Gasteiger partial charge on any atom is -0.387 e. The number of aliphatic hydroxyl groups is 1. The van der Waals surface area contributed by atoms with Gasteiger partial charge in [0.1, 0.15) is 12.3 Å². The predicted octanol–water partition coefficient (Wildman–Crippen LogP) is 0.646. The van der Waals surface area contributed by atoms with Gasteiger partial charge in [-0.3, -0.25) is 19.3 Å². The molecule has 7 heteroatoms. The summed E-state index contributed by atoms with van der Waals surface area (Å²) >= 11 is 0. The maximum atomic E-state index is 11.5. The molecule has 0 aliphatic rings. The molecule has 0 fully saturated rings. The summed E-state index contributed by atoms with van der Waals surface area (Å²) in [7, 11) is 0. The van der Waals surface area contributed by atoms with Crippen LogP contribution in [0.25, 0.3) is 11.4 Å². The Bertz CT molecular complexity index is 652. The third-order valence-electron chi connectivity index (χ3n) is 3.08. The van der Waals surface area contributed by atoms with Crippen molar-refractivity contribution in [2.75, 3.05) is 13.2 Å². The molecule has 2 rings (SSSR count). The molecule has 2 aromatic heterocycles. The van der Waals surface area contributed by atoms with E-state index in [-0.39, 0.29) is 5.78 Å². The van der Waals surface area contributed by atoms with E-state index in [0.717, 1.165) is 11.4 Å². The summed E-state index contributed by atoms with van der Waals surface area (Å²) in [6, 6.07) is 7.26. The van der Waals surface area contributed by atoms with Gasteiger partial charge in [-0.15, -0.1) is 0 Å². The molecule has 2 N–H and O–H groups in total. The Kier molecular flexibility index (Phi) is 5.37.